The quantitative estimate of drug-likeness (QED) is 0.833. The Bertz CT molecular complexity index is 357. The Balaban J connectivity index is 2.14. The van der Waals surface area contributed by atoms with Gasteiger partial charge in [0.15, 0.2) is 3.92 Å². The van der Waals surface area contributed by atoms with Crippen LogP contribution in [-0.4, -0.2) is 15.2 Å². The zero-order chi connectivity index (χ0) is 8.39. The van der Waals surface area contributed by atoms with Crippen LogP contribution in [0.25, 0.3) is 0 Å². The third-order valence-electron chi connectivity index (χ3n) is 1.23. The molecule has 0 unspecified atom stereocenters. The van der Waals surface area contributed by atoms with E-state index in [1.165, 1.54) is 0 Å². The van der Waals surface area contributed by atoms with Crippen molar-refractivity contribution in [3.05, 3.63) is 25.5 Å². The summed E-state index contributed by atoms with van der Waals surface area (Å²) >= 11 is 6.45. The largest absolute Gasteiger partial charge is 0.249 e. The van der Waals surface area contributed by atoms with Gasteiger partial charge in [0.25, 0.3) is 0 Å². The molecule has 12 heavy (non-hydrogen) atoms. The number of thiazole rings is 1. The summed E-state index contributed by atoms with van der Waals surface area (Å²) in [6.07, 6.45) is 2.59. The molecule has 0 amide bonds. The van der Waals surface area contributed by atoms with Crippen LogP contribution in [0, 0.1) is 0 Å². The molecular formula is C6H4BrN3S2. The molecule has 62 valence electrons. The Hall–Kier alpha value is -0.330. The minimum atomic E-state index is 0.793. The van der Waals surface area contributed by atoms with Crippen LogP contribution in [-0.2, 0) is 6.42 Å². The second-order valence-corrected chi connectivity index (χ2v) is 5.37. The average molecular weight is 262 g/mol. The predicted molar refractivity (Wildman–Crippen MR) is 52.5 cm³/mol. The van der Waals surface area contributed by atoms with E-state index in [-0.39, 0.29) is 0 Å². The summed E-state index contributed by atoms with van der Waals surface area (Å²) in [6, 6.07) is 0. The first kappa shape index (κ1) is 8.28. The second-order valence-electron chi connectivity index (χ2n) is 2.05. The number of halogens is 1. The summed E-state index contributed by atoms with van der Waals surface area (Å²) in [6.45, 7) is 0. The van der Waals surface area contributed by atoms with Crippen molar-refractivity contribution in [3.63, 3.8) is 0 Å². The fraction of sp³-hybridized carbons (Fsp3) is 0.167. The number of aromatic nitrogens is 3. The van der Waals surface area contributed by atoms with Crippen molar-refractivity contribution in [2.24, 2.45) is 0 Å². The highest BCUT2D eigenvalue weighted by Crippen LogP contribution is 2.19. The molecule has 0 saturated carbocycles. The van der Waals surface area contributed by atoms with Crippen LogP contribution < -0.4 is 0 Å². The van der Waals surface area contributed by atoms with Crippen molar-refractivity contribution in [1.29, 1.82) is 0 Å². The maximum Gasteiger partial charge on any atom is 0.183 e. The summed E-state index contributed by atoms with van der Waals surface area (Å²) in [5, 5.41) is 11.9. The van der Waals surface area contributed by atoms with E-state index in [9.17, 15) is 0 Å². The van der Waals surface area contributed by atoms with E-state index in [0.717, 1.165) is 20.4 Å². The minimum absolute atomic E-state index is 0.793. The van der Waals surface area contributed by atoms with E-state index < -0.39 is 0 Å². The first-order chi connectivity index (χ1) is 5.84. The van der Waals surface area contributed by atoms with Crippen molar-refractivity contribution in [2.45, 2.75) is 6.42 Å². The van der Waals surface area contributed by atoms with Crippen molar-refractivity contribution >= 4 is 38.6 Å². The minimum Gasteiger partial charge on any atom is -0.249 e. The Labute approximate surface area is 85.6 Å². The normalized spacial score (nSPS) is 10.4. The highest BCUT2D eigenvalue weighted by atomic mass is 79.9. The predicted octanol–water partition coefficient (Wildman–Crippen LogP) is 2.35. The van der Waals surface area contributed by atoms with Gasteiger partial charge in [-0.1, -0.05) is 11.3 Å². The number of nitrogens with zero attached hydrogens (tertiary/aromatic N) is 3. The maximum atomic E-state index is 4.16. The standard InChI is InChI=1S/C6H4BrN3S2/c7-6-10-9-5(12-6)3-4-8-1-2-11-4/h1-2H,3H2. The Morgan fingerprint density at radius 3 is 2.83 bits per heavy atom. The molecule has 2 rings (SSSR count). The van der Waals surface area contributed by atoms with Gasteiger partial charge in [-0.15, -0.1) is 21.5 Å². The molecule has 0 radical (unpaired) electrons. The topological polar surface area (TPSA) is 38.7 Å². The Morgan fingerprint density at radius 2 is 2.25 bits per heavy atom. The molecule has 0 atom stereocenters. The molecule has 0 aliphatic carbocycles. The lowest BCUT2D eigenvalue weighted by atomic mass is 10.5. The lowest BCUT2D eigenvalue weighted by molar-refractivity contribution is 0.985. The molecule has 2 aromatic heterocycles. The van der Waals surface area contributed by atoms with Crippen molar-refractivity contribution < 1.29 is 0 Å². The van der Waals surface area contributed by atoms with Gasteiger partial charge in [-0.3, -0.25) is 0 Å². The van der Waals surface area contributed by atoms with Gasteiger partial charge in [0.1, 0.15) is 5.01 Å². The van der Waals surface area contributed by atoms with Crippen LogP contribution in [0.3, 0.4) is 0 Å². The SMILES string of the molecule is Brc1nnc(Cc2nccs2)s1. The van der Waals surface area contributed by atoms with E-state index in [0.29, 0.717) is 0 Å². The van der Waals surface area contributed by atoms with Crippen LogP contribution in [0.5, 0.6) is 0 Å². The first-order valence-electron chi connectivity index (χ1n) is 3.21. The van der Waals surface area contributed by atoms with Crippen LogP contribution >= 0.6 is 38.6 Å². The van der Waals surface area contributed by atoms with Gasteiger partial charge in [-0.05, 0) is 15.9 Å². The number of hydrogen-bond donors (Lipinski definition) is 0. The van der Waals surface area contributed by atoms with Gasteiger partial charge in [-0.25, -0.2) is 4.98 Å². The molecule has 0 bridgehead atoms. The summed E-state index contributed by atoms with van der Waals surface area (Å²) < 4.78 is 0.828. The van der Waals surface area contributed by atoms with E-state index in [1.54, 1.807) is 28.9 Å². The van der Waals surface area contributed by atoms with Crippen molar-refractivity contribution in [3.8, 4) is 0 Å². The molecule has 2 aromatic rings. The zero-order valence-electron chi connectivity index (χ0n) is 5.90. The molecule has 0 aliphatic rings. The smallest absolute Gasteiger partial charge is 0.183 e. The third-order valence-corrected chi connectivity index (χ3v) is 3.36. The summed E-state index contributed by atoms with van der Waals surface area (Å²) in [5.74, 6) is 0. The van der Waals surface area contributed by atoms with Gasteiger partial charge < -0.3 is 0 Å². The summed E-state index contributed by atoms with van der Waals surface area (Å²) in [5.41, 5.74) is 0. The highest BCUT2D eigenvalue weighted by Gasteiger charge is 2.03. The summed E-state index contributed by atoms with van der Waals surface area (Å²) in [7, 11) is 0. The van der Waals surface area contributed by atoms with Gasteiger partial charge in [0, 0.05) is 11.6 Å². The molecule has 6 heteroatoms. The molecule has 0 aliphatic heterocycles. The van der Waals surface area contributed by atoms with Crippen molar-refractivity contribution in [2.75, 3.05) is 0 Å². The lowest BCUT2D eigenvalue weighted by Crippen LogP contribution is -1.84. The third kappa shape index (κ3) is 1.88. The molecule has 0 spiro atoms. The Kier molecular flexibility index (Phi) is 2.48. The highest BCUT2D eigenvalue weighted by molar-refractivity contribution is 9.11. The van der Waals surface area contributed by atoms with E-state index in [4.69, 9.17) is 0 Å². The Morgan fingerprint density at radius 1 is 1.33 bits per heavy atom. The summed E-state index contributed by atoms with van der Waals surface area (Å²) in [4.78, 5) is 4.16. The van der Waals surface area contributed by atoms with E-state index in [2.05, 4.69) is 31.1 Å². The zero-order valence-corrected chi connectivity index (χ0v) is 9.12. The second kappa shape index (κ2) is 3.59. The van der Waals surface area contributed by atoms with E-state index in [1.807, 2.05) is 5.38 Å². The number of rotatable bonds is 2. The maximum absolute atomic E-state index is 4.16. The van der Waals surface area contributed by atoms with Crippen LogP contribution in [0.1, 0.15) is 10.0 Å². The molecule has 0 saturated heterocycles. The monoisotopic (exact) mass is 261 g/mol. The van der Waals surface area contributed by atoms with Crippen LogP contribution in [0.15, 0.2) is 15.5 Å². The van der Waals surface area contributed by atoms with Gasteiger partial charge in [-0.2, -0.15) is 0 Å². The van der Waals surface area contributed by atoms with E-state index >= 15 is 0 Å². The number of hydrogen-bond acceptors (Lipinski definition) is 5. The lowest BCUT2D eigenvalue weighted by Gasteiger charge is -1.86. The van der Waals surface area contributed by atoms with Crippen molar-refractivity contribution in [1.82, 2.24) is 15.2 Å². The van der Waals surface area contributed by atoms with Crippen LogP contribution in [0.2, 0.25) is 0 Å². The van der Waals surface area contributed by atoms with Crippen LogP contribution in [0.4, 0.5) is 0 Å². The van der Waals surface area contributed by atoms with Gasteiger partial charge in [0.05, 0.1) is 11.4 Å². The molecule has 0 fully saturated rings. The molecule has 2 heterocycles. The molecular weight excluding hydrogens is 258 g/mol. The molecule has 3 nitrogen and oxygen atoms in total. The fourth-order valence-electron chi connectivity index (χ4n) is 0.774. The average Bonchev–Trinajstić information content (AvgIpc) is 2.63. The molecule has 0 N–H and O–H groups in total. The van der Waals surface area contributed by atoms with Gasteiger partial charge >= 0.3 is 0 Å². The first-order valence-corrected chi connectivity index (χ1v) is 5.70. The molecule has 0 aromatic carbocycles. The fourth-order valence-corrected chi connectivity index (χ4v) is 2.69. The van der Waals surface area contributed by atoms with Gasteiger partial charge in [0.2, 0.25) is 0 Å².